The number of aryl methyl sites for hydroxylation is 1. The van der Waals surface area contributed by atoms with E-state index in [1.54, 1.807) is 39.0 Å². The topological polar surface area (TPSA) is 114 Å². The molecule has 2 aromatic heterocycles. The Morgan fingerprint density at radius 3 is 2.45 bits per heavy atom. The number of sulfonamides is 1. The van der Waals surface area contributed by atoms with E-state index in [-0.39, 0.29) is 33.5 Å². The summed E-state index contributed by atoms with van der Waals surface area (Å²) in [5, 5.41) is 7.03. The van der Waals surface area contributed by atoms with Crippen molar-refractivity contribution in [3.8, 4) is 11.3 Å². The number of hydrogen-bond donors (Lipinski definition) is 2. The van der Waals surface area contributed by atoms with Crippen LogP contribution in [0.5, 0.6) is 0 Å². The third-order valence-electron chi connectivity index (χ3n) is 4.82. The van der Waals surface area contributed by atoms with Crippen LogP contribution in [-0.2, 0) is 10.0 Å². The molecule has 2 aromatic carbocycles. The fraction of sp³-hybridized carbons (Fsp3) is 0.174. The summed E-state index contributed by atoms with van der Waals surface area (Å²) in [4.78, 5) is 17.5. The Morgan fingerprint density at radius 1 is 1.09 bits per heavy atom. The summed E-state index contributed by atoms with van der Waals surface area (Å²) in [7, 11) is -3.65. The van der Waals surface area contributed by atoms with Gasteiger partial charge in [-0.25, -0.2) is 22.5 Å². The summed E-state index contributed by atoms with van der Waals surface area (Å²) in [5.74, 6) is -0.985. The van der Waals surface area contributed by atoms with Crippen LogP contribution in [0.1, 0.15) is 29.9 Å². The quantitative estimate of drug-likeness (QED) is 0.437. The predicted octanol–water partition coefficient (Wildman–Crippen LogP) is 4.28. The van der Waals surface area contributed by atoms with E-state index in [1.807, 2.05) is 0 Å². The second-order valence-corrected chi connectivity index (χ2v) is 9.45. The summed E-state index contributed by atoms with van der Waals surface area (Å²) < 4.78 is 46.7. The molecule has 8 nitrogen and oxygen atoms in total. The first-order valence-corrected chi connectivity index (χ1v) is 11.6. The maximum atomic E-state index is 14.3. The molecule has 2 N–H and O–H groups in total. The Hall–Kier alpha value is -3.63. The van der Waals surface area contributed by atoms with Crippen molar-refractivity contribution in [2.45, 2.75) is 31.7 Å². The maximum absolute atomic E-state index is 14.3. The molecule has 0 fully saturated rings. The van der Waals surface area contributed by atoms with Crippen molar-refractivity contribution in [3.05, 3.63) is 71.7 Å². The molecule has 0 saturated carbocycles. The molecule has 0 radical (unpaired) electrons. The van der Waals surface area contributed by atoms with Crippen LogP contribution in [0, 0.1) is 12.7 Å². The van der Waals surface area contributed by atoms with E-state index in [1.165, 1.54) is 36.4 Å². The van der Waals surface area contributed by atoms with E-state index in [2.05, 4.69) is 20.2 Å². The number of halogens is 1. The summed E-state index contributed by atoms with van der Waals surface area (Å²) in [5.41, 5.74) is 1.60. The fourth-order valence-corrected chi connectivity index (χ4v) is 4.63. The van der Waals surface area contributed by atoms with Gasteiger partial charge in [-0.05, 0) is 63.2 Å². The van der Waals surface area contributed by atoms with Gasteiger partial charge in [-0.15, -0.1) is 0 Å². The molecule has 2 heterocycles. The molecule has 4 aromatic rings. The molecular weight excluding hydrogens is 447 g/mol. The number of amides is 1. The molecule has 1 amide bonds. The largest absolute Gasteiger partial charge is 0.335 e. The highest BCUT2D eigenvalue weighted by Crippen LogP contribution is 2.29. The number of anilines is 1. The normalized spacial score (nSPS) is 11.8. The van der Waals surface area contributed by atoms with E-state index in [4.69, 9.17) is 4.52 Å². The average molecular weight is 469 g/mol. The van der Waals surface area contributed by atoms with Gasteiger partial charge in [0.2, 0.25) is 10.0 Å². The molecule has 10 heteroatoms. The number of carbonyl (C=O) groups is 1. The lowest BCUT2D eigenvalue weighted by molar-refractivity contribution is 0.102. The molecule has 0 bridgehead atoms. The summed E-state index contributed by atoms with van der Waals surface area (Å²) >= 11 is 0. The predicted molar refractivity (Wildman–Crippen MR) is 122 cm³/mol. The molecular formula is C23H21FN4O4S. The standard InChI is InChI=1S/C23H21FN4O4S/c1-13(2)28-33(30,31)16-10-8-15(9-11-16)25-22(29)18-12-20(17-6-4-5-7-19(17)24)26-23-21(18)14(3)27-32-23/h4-13,28H,1-3H3,(H,25,29). The molecule has 0 aliphatic carbocycles. The Labute approximate surface area is 189 Å². The highest BCUT2D eigenvalue weighted by Gasteiger charge is 2.21. The van der Waals surface area contributed by atoms with Gasteiger partial charge in [0.05, 0.1) is 27.2 Å². The highest BCUT2D eigenvalue weighted by molar-refractivity contribution is 7.89. The van der Waals surface area contributed by atoms with E-state index < -0.39 is 21.7 Å². The molecule has 33 heavy (non-hydrogen) atoms. The van der Waals surface area contributed by atoms with Crippen molar-refractivity contribution >= 4 is 32.7 Å². The van der Waals surface area contributed by atoms with Crippen molar-refractivity contribution < 1.29 is 22.1 Å². The van der Waals surface area contributed by atoms with Gasteiger partial charge in [-0.2, -0.15) is 0 Å². The monoisotopic (exact) mass is 468 g/mol. The first-order chi connectivity index (χ1) is 15.7. The van der Waals surface area contributed by atoms with E-state index in [0.717, 1.165) is 0 Å². The molecule has 0 aliphatic heterocycles. The zero-order valence-electron chi connectivity index (χ0n) is 18.1. The molecule has 0 aliphatic rings. The van der Waals surface area contributed by atoms with Crippen LogP contribution in [0.3, 0.4) is 0 Å². The van der Waals surface area contributed by atoms with Crippen LogP contribution in [0.15, 0.2) is 64.0 Å². The zero-order valence-corrected chi connectivity index (χ0v) is 18.9. The minimum Gasteiger partial charge on any atom is -0.335 e. The van der Waals surface area contributed by atoms with Gasteiger partial charge in [0, 0.05) is 17.3 Å². The molecule has 170 valence electrons. The Bertz CT molecular complexity index is 1450. The van der Waals surface area contributed by atoms with Crippen molar-refractivity contribution in [2.75, 3.05) is 5.32 Å². The minimum atomic E-state index is -3.65. The van der Waals surface area contributed by atoms with E-state index in [0.29, 0.717) is 16.8 Å². The maximum Gasteiger partial charge on any atom is 0.259 e. The highest BCUT2D eigenvalue weighted by atomic mass is 32.2. The first kappa shape index (κ1) is 22.6. The minimum absolute atomic E-state index is 0.0808. The van der Waals surface area contributed by atoms with E-state index in [9.17, 15) is 17.6 Å². The van der Waals surface area contributed by atoms with Gasteiger partial charge in [0.1, 0.15) is 5.82 Å². The third-order valence-corrected chi connectivity index (χ3v) is 6.50. The number of nitrogens with one attached hydrogen (secondary N) is 2. The molecule has 4 rings (SSSR count). The number of rotatable bonds is 6. The number of aromatic nitrogens is 2. The van der Waals surface area contributed by atoms with Crippen LogP contribution in [0.2, 0.25) is 0 Å². The van der Waals surface area contributed by atoms with Crippen LogP contribution in [0.25, 0.3) is 22.4 Å². The number of carbonyl (C=O) groups excluding carboxylic acids is 1. The molecule has 0 spiro atoms. The fourth-order valence-electron chi connectivity index (χ4n) is 3.37. The lowest BCUT2D eigenvalue weighted by Gasteiger charge is -2.11. The smallest absolute Gasteiger partial charge is 0.259 e. The summed E-state index contributed by atoms with van der Waals surface area (Å²) in [6.07, 6.45) is 0. The Balaban J connectivity index is 1.68. The van der Waals surface area contributed by atoms with Gasteiger partial charge in [-0.1, -0.05) is 17.3 Å². The summed E-state index contributed by atoms with van der Waals surface area (Å²) in [6, 6.07) is 13.1. The van der Waals surface area contributed by atoms with Crippen LogP contribution < -0.4 is 10.0 Å². The lowest BCUT2D eigenvalue weighted by atomic mass is 10.0. The second kappa shape index (κ2) is 8.72. The summed E-state index contributed by atoms with van der Waals surface area (Å²) in [6.45, 7) is 5.13. The van der Waals surface area contributed by atoms with Crippen LogP contribution >= 0.6 is 0 Å². The Morgan fingerprint density at radius 2 is 1.79 bits per heavy atom. The Kier molecular flexibility index (Phi) is 5.96. The van der Waals surface area contributed by atoms with Crippen molar-refractivity contribution in [2.24, 2.45) is 0 Å². The van der Waals surface area contributed by atoms with Gasteiger partial charge >= 0.3 is 0 Å². The van der Waals surface area contributed by atoms with Gasteiger partial charge in [0.15, 0.2) is 0 Å². The van der Waals surface area contributed by atoms with Gasteiger partial charge < -0.3 is 9.84 Å². The number of fused-ring (bicyclic) bond motifs is 1. The molecule has 0 unspecified atom stereocenters. The van der Waals surface area contributed by atoms with Gasteiger partial charge in [-0.3, -0.25) is 4.79 Å². The number of benzene rings is 2. The van der Waals surface area contributed by atoms with E-state index >= 15 is 0 Å². The van der Waals surface area contributed by atoms with Crippen LogP contribution in [-0.4, -0.2) is 30.5 Å². The first-order valence-electron chi connectivity index (χ1n) is 10.1. The molecule has 0 saturated heterocycles. The molecule has 0 atom stereocenters. The lowest BCUT2D eigenvalue weighted by Crippen LogP contribution is -2.30. The van der Waals surface area contributed by atoms with Crippen molar-refractivity contribution in [3.63, 3.8) is 0 Å². The zero-order chi connectivity index (χ0) is 23.8. The van der Waals surface area contributed by atoms with Crippen molar-refractivity contribution in [1.29, 1.82) is 0 Å². The number of pyridine rings is 1. The average Bonchev–Trinajstić information content (AvgIpc) is 3.13. The van der Waals surface area contributed by atoms with Gasteiger partial charge in [0.25, 0.3) is 11.6 Å². The second-order valence-electron chi connectivity index (χ2n) is 7.74. The SMILES string of the molecule is Cc1noc2nc(-c3ccccc3F)cc(C(=O)Nc3ccc(S(=O)(=O)NC(C)C)cc3)c12. The van der Waals surface area contributed by atoms with Crippen LogP contribution in [0.4, 0.5) is 10.1 Å². The third kappa shape index (κ3) is 4.62. The number of nitrogens with zero attached hydrogens (tertiary/aromatic N) is 2. The number of hydrogen-bond acceptors (Lipinski definition) is 6. The van der Waals surface area contributed by atoms with Crippen molar-refractivity contribution in [1.82, 2.24) is 14.9 Å².